The number of hydrogen-bond acceptors (Lipinski definition) is 4. The van der Waals surface area contributed by atoms with Gasteiger partial charge in [0.05, 0.1) is 16.7 Å². The topological polar surface area (TPSA) is 98.5 Å². The molecular weight excluding hydrogens is 292 g/mol. The van der Waals surface area contributed by atoms with Gasteiger partial charge in [-0.2, -0.15) is 9.57 Å². The average Bonchev–Trinajstić information content (AvgIpc) is 2.37. The fourth-order valence-electron chi connectivity index (χ4n) is 1.29. The van der Waals surface area contributed by atoms with Crippen LogP contribution in [0.15, 0.2) is 23.1 Å². The van der Waals surface area contributed by atoms with Gasteiger partial charge in [0, 0.05) is 7.05 Å². The van der Waals surface area contributed by atoms with Crippen LogP contribution in [-0.2, 0) is 14.8 Å². The van der Waals surface area contributed by atoms with Crippen LogP contribution in [0.1, 0.15) is 12.5 Å². The van der Waals surface area contributed by atoms with Gasteiger partial charge >= 0.3 is 5.97 Å². The lowest BCUT2D eigenvalue weighted by Gasteiger charge is -2.21. The number of nitrogens with zero attached hydrogens (tertiary/aromatic N) is 2. The number of rotatable bonds is 4. The minimum Gasteiger partial charge on any atom is -0.480 e. The molecule has 0 aliphatic heterocycles. The van der Waals surface area contributed by atoms with Gasteiger partial charge in [0.1, 0.15) is 10.9 Å². The molecule has 0 aliphatic rings. The Morgan fingerprint density at radius 3 is 2.58 bits per heavy atom. The molecule has 1 atom stereocenters. The van der Waals surface area contributed by atoms with Crippen LogP contribution >= 0.6 is 11.6 Å². The van der Waals surface area contributed by atoms with Gasteiger partial charge in [0.2, 0.25) is 10.0 Å². The third-order valence-corrected chi connectivity index (χ3v) is 5.03. The Morgan fingerprint density at radius 2 is 2.11 bits per heavy atom. The first-order valence-electron chi connectivity index (χ1n) is 5.12. The van der Waals surface area contributed by atoms with Gasteiger partial charge in [0.15, 0.2) is 0 Å². The van der Waals surface area contributed by atoms with Crippen LogP contribution in [0.3, 0.4) is 0 Å². The molecule has 0 aromatic heterocycles. The fraction of sp³-hybridized carbons (Fsp3) is 0.273. The molecule has 0 spiro atoms. The summed E-state index contributed by atoms with van der Waals surface area (Å²) in [6.07, 6.45) is 0. The molecule has 0 heterocycles. The molecule has 0 aliphatic carbocycles. The Labute approximate surface area is 115 Å². The molecule has 0 radical (unpaired) electrons. The number of benzene rings is 1. The predicted molar refractivity (Wildman–Crippen MR) is 68.2 cm³/mol. The van der Waals surface area contributed by atoms with Crippen LogP contribution in [0.5, 0.6) is 0 Å². The van der Waals surface area contributed by atoms with E-state index in [-0.39, 0.29) is 15.5 Å². The average molecular weight is 303 g/mol. The van der Waals surface area contributed by atoms with Crippen molar-refractivity contribution in [1.82, 2.24) is 4.31 Å². The summed E-state index contributed by atoms with van der Waals surface area (Å²) in [5.41, 5.74) is 0.124. The van der Waals surface area contributed by atoms with Crippen molar-refractivity contribution in [3.05, 3.63) is 28.8 Å². The smallest absolute Gasteiger partial charge is 0.321 e. The molecule has 0 saturated heterocycles. The highest BCUT2D eigenvalue weighted by Gasteiger charge is 2.31. The zero-order chi connectivity index (χ0) is 14.8. The lowest BCUT2D eigenvalue weighted by Crippen LogP contribution is -2.40. The zero-order valence-electron chi connectivity index (χ0n) is 10.2. The van der Waals surface area contributed by atoms with Gasteiger partial charge in [-0.25, -0.2) is 8.42 Å². The number of aliphatic carboxylic acids is 1. The lowest BCUT2D eigenvalue weighted by atomic mass is 10.2. The number of carbonyl (C=O) groups is 1. The quantitative estimate of drug-likeness (QED) is 0.904. The number of carboxylic acids is 1. The highest BCUT2D eigenvalue weighted by molar-refractivity contribution is 7.89. The van der Waals surface area contributed by atoms with Gasteiger partial charge in [-0.3, -0.25) is 4.79 Å². The summed E-state index contributed by atoms with van der Waals surface area (Å²) in [6.45, 7) is 1.24. The maximum atomic E-state index is 12.2. The van der Waals surface area contributed by atoms with Crippen LogP contribution in [-0.4, -0.2) is 36.9 Å². The van der Waals surface area contributed by atoms with E-state index < -0.39 is 22.0 Å². The molecule has 6 nitrogen and oxygen atoms in total. The number of halogens is 1. The normalized spacial score (nSPS) is 13.0. The third kappa shape index (κ3) is 3.04. The van der Waals surface area contributed by atoms with Gasteiger partial charge in [-0.1, -0.05) is 11.6 Å². The maximum absolute atomic E-state index is 12.2. The van der Waals surface area contributed by atoms with Crippen molar-refractivity contribution in [2.24, 2.45) is 0 Å². The summed E-state index contributed by atoms with van der Waals surface area (Å²) in [4.78, 5) is 10.5. The van der Waals surface area contributed by atoms with Crippen LogP contribution in [0.4, 0.5) is 0 Å². The van der Waals surface area contributed by atoms with Gasteiger partial charge < -0.3 is 5.11 Å². The van der Waals surface area contributed by atoms with Gasteiger partial charge in [-0.05, 0) is 25.1 Å². The van der Waals surface area contributed by atoms with Crippen molar-refractivity contribution in [2.75, 3.05) is 7.05 Å². The first-order chi connectivity index (χ1) is 8.71. The molecule has 19 heavy (non-hydrogen) atoms. The predicted octanol–water partition coefficient (Wildman–Crippen LogP) is 1.31. The number of likely N-dealkylation sites (N-methyl/N-ethyl adjacent to an activating group) is 1. The lowest BCUT2D eigenvalue weighted by molar-refractivity contribution is -0.140. The summed E-state index contributed by atoms with van der Waals surface area (Å²) >= 11 is 5.80. The Hall–Kier alpha value is -1.62. The van der Waals surface area contributed by atoms with E-state index in [2.05, 4.69) is 0 Å². The zero-order valence-corrected chi connectivity index (χ0v) is 11.7. The van der Waals surface area contributed by atoms with E-state index in [1.807, 2.05) is 0 Å². The number of carboxylic acid groups (broad SMARTS) is 1. The summed E-state index contributed by atoms with van der Waals surface area (Å²) < 4.78 is 25.2. The molecule has 0 saturated carbocycles. The van der Waals surface area contributed by atoms with Crippen molar-refractivity contribution in [1.29, 1.82) is 5.26 Å². The largest absolute Gasteiger partial charge is 0.480 e. The van der Waals surface area contributed by atoms with Crippen molar-refractivity contribution in [2.45, 2.75) is 17.9 Å². The van der Waals surface area contributed by atoms with Crippen LogP contribution in [0.25, 0.3) is 0 Å². The molecule has 0 fully saturated rings. The second kappa shape index (κ2) is 5.57. The second-order valence-electron chi connectivity index (χ2n) is 3.79. The first kappa shape index (κ1) is 15.4. The Morgan fingerprint density at radius 1 is 1.53 bits per heavy atom. The minimum absolute atomic E-state index is 0.0663. The molecule has 0 bridgehead atoms. The van der Waals surface area contributed by atoms with Crippen molar-refractivity contribution >= 4 is 27.6 Å². The van der Waals surface area contributed by atoms with Crippen LogP contribution < -0.4 is 0 Å². The highest BCUT2D eigenvalue weighted by atomic mass is 35.5. The molecule has 102 valence electrons. The number of sulfonamides is 1. The van der Waals surface area contributed by atoms with E-state index in [9.17, 15) is 13.2 Å². The minimum atomic E-state index is -4.08. The molecule has 0 amide bonds. The van der Waals surface area contributed by atoms with E-state index in [0.717, 1.165) is 13.1 Å². The number of hydrogen-bond donors (Lipinski definition) is 1. The first-order valence-corrected chi connectivity index (χ1v) is 6.94. The van der Waals surface area contributed by atoms with Crippen molar-refractivity contribution in [3.8, 4) is 6.07 Å². The standard InChI is InChI=1S/C11H11ClN2O4S/c1-7(11(15)16)14(2)19(17,18)10-5-8(6-13)3-4-9(10)12/h3-5,7H,1-2H3,(H,15,16). The molecule has 8 heteroatoms. The Balaban J connectivity index is 3.36. The van der Waals surface area contributed by atoms with E-state index in [1.165, 1.54) is 19.1 Å². The van der Waals surface area contributed by atoms with E-state index in [1.54, 1.807) is 6.07 Å². The SMILES string of the molecule is CC(C(=O)O)N(C)S(=O)(=O)c1cc(C#N)ccc1Cl. The summed E-state index contributed by atoms with van der Waals surface area (Å²) in [5.74, 6) is -1.28. The van der Waals surface area contributed by atoms with Crippen LogP contribution in [0.2, 0.25) is 5.02 Å². The summed E-state index contributed by atoms with van der Waals surface area (Å²) in [6, 6.07) is 4.33. The molecular formula is C11H11ClN2O4S. The monoisotopic (exact) mass is 302 g/mol. The Bertz CT molecular complexity index is 651. The molecule has 1 aromatic carbocycles. The fourth-order valence-corrected chi connectivity index (χ4v) is 3.11. The number of nitriles is 1. The molecule has 1 aromatic rings. The summed E-state index contributed by atoms with van der Waals surface area (Å²) in [7, 11) is -2.93. The molecule has 1 N–H and O–H groups in total. The van der Waals surface area contributed by atoms with Gasteiger partial charge in [-0.15, -0.1) is 0 Å². The molecule has 1 unspecified atom stereocenters. The van der Waals surface area contributed by atoms with Crippen LogP contribution in [0, 0.1) is 11.3 Å². The third-order valence-electron chi connectivity index (χ3n) is 2.62. The Kier molecular flexibility index (Phi) is 4.52. The van der Waals surface area contributed by atoms with E-state index >= 15 is 0 Å². The van der Waals surface area contributed by atoms with E-state index in [0.29, 0.717) is 4.31 Å². The van der Waals surface area contributed by atoms with Gasteiger partial charge in [0.25, 0.3) is 0 Å². The highest BCUT2D eigenvalue weighted by Crippen LogP contribution is 2.26. The van der Waals surface area contributed by atoms with Crippen molar-refractivity contribution in [3.63, 3.8) is 0 Å². The summed E-state index contributed by atoms with van der Waals surface area (Å²) in [5, 5.41) is 17.5. The molecule has 1 rings (SSSR count). The van der Waals surface area contributed by atoms with Crippen molar-refractivity contribution < 1.29 is 18.3 Å². The maximum Gasteiger partial charge on any atom is 0.321 e. The van der Waals surface area contributed by atoms with E-state index in [4.69, 9.17) is 22.0 Å². The second-order valence-corrected chi connectivity index (χ2v) is 6.17.